The molecule has 0 heterocycles. The molecule has 0 aromatic heterocycles. The predicted molar refractivity (Wildman–Crippen MR) is 66.8 cm³/mol. The summed E-state index contributed by atoms with van der Waals surface area (Å²) in [6, 6.07) is 9.86. The summed E-state index contributed by atoms with van der Waals surface area (Å²) >= 11 is 0. The molecule has 0 aliphatic carbocycles. The molecule has 0 aliphatic heterocycles. The van der Waals surface area contributed by atoms with Crippen molar-refractivity contribution in [3.05, 3.63) is 47.9 Å². The fraction of sp³-hybridized carbons (Fsp3) is 0.308. The van der Waals surface area contributed by atoms with Gasteiger partial charge in [0.25, 0.3) is 5.91 Å². The van der Waals surface area contributed by atoms with E-state index in [0.717, 1.165) is 5.56 Å². The smallest absolute Gasteiger partial charge is 0.285 e. The van der Waals surface area contributed by atoms with Gasteiger partial charge in [0, 0.05) is 12.7 Å². The normalized spacial score (nSPS) is 11.4. The topological polar surface area (TPSA) is 64.3 Å². The van der Waals surface area contributed by atoms with E-state index in [1.54, 1.807) is 0 Å². The second kappa shape index (κ2) is 6.58. The fourth-order valence-electron chi connectivity index (χ4n) is 1.27. The first-order valence-electron chi connectivity index (χ1n) is 5.53. The minimum absolute atomic E-state index is 0.0766. The van der Waals surface area contributed by atoms with E-state index in [0.29, 0.717) is 6.54 Å². The summed E-state index contributed by atoms with van der Waals surface area (Å²) in [5.41, 5.74) is 6.31. The molecule has 1 aromatic rings. The van der Waals surface area contributed by atoms with E-state index < -0.39 is 5.91 Å². The second-order valence-corrected chi connectivity index (χ2v) is 3.91. The van der Waals surface area contributed by atoms with Crippen LogP contribution >= 0.6 is 0 Å². The van der Waals surface area contributed by atoms with Crippen LogP contribution in [0.2, 0.25) is 0 Å². The van der Waals surface area contributed by atoms with E-state index in [1.807, 2.05) is 44.2 Å². The van der Waals surface area contributed by atoms with Crippen LogP contribution in [0, 0.1) is 0 Å². The van der Waals surface area contributed by atoms with Crippen molar-refractivity contribution >= 4 is 5.91 Å². The van der Waals surface area contributed by atoms with E-state index in [1.165, 1.54) is 6.20 Å². The molecule has 3 N–H and O–H groups in total. The minimum Gasteiger partial charge on any atom is -0.484 e. The molecule has 0 atom stereocenters. The Morgan fingerprint density at radius 1 is 1.41 bits per heavy atom. The first-order chi connectivity index (χ1) is 8.09. The van der Waals surface area contributed by atoms with Gasteiger partial charge in [-0.2, -0.15) is 0 Å². The van der Waals surface area contributed by atoms with Crippen LogP contribution in [-0.4, -0.2) is 12.0 Å². The Kier molecular flexibility index (Phi) is 5.07. The van der Waals surface area contributed by atoms with Crippen molar-refractivity contribution in [2.75, 3.05) is 0 Å². The van der Waals surface area contributed by atoms with Gasteiger partial charge in [0.1, 0.15) is 0 Å². The van der Waals surface area contributed by atoms with Crippen LogP contribution in [0.4, 0.5) is 0 Å². The highest BCUT2D eigenvalue weighted by molar-refractivity contribution is 5.89. The molecule has 0 bridgehead atoms. The maximum Gasteiger partial charge on any atom is 0.285 e. The van der Waals surface area contributed by atoms with E-state index in [4.69, 9.17) is 10.5 Å². The number of amides is 1. The molecule has 0 aliphatic rings. The lowest BCUT2D eigenvalue weighted by atomic mass is 10.2. The van der Waals surface area contributed by atoms with Gasteiger partial charge < -0.3 is 15.8 Å². The number of carbonyl (C=O) groups is 1. The highest BCUT2D eigenvalue weighted by Crippen LogP contribution is 2.01. The van der Waals surface area contributed by atoms with Crippen molar-refractivity contribution in [1.82, 2.24) is 5.32 Å². The lowest BCUT2D eigenvalue weighted by molar-refractivity contribution is -0.118. The van der Waals surface area contributed by atoms with Gasteiger partial charge in [-0.25, -0.2) is 0 Å². The summed E-state index contributed by atoms with van der Waals surface area (Å²) in [6.07, 6.45) is 1.43. The zero-order chi connectivity index (χ0) is 12.7. The van der Waals surface area contributed by atoms with Gasteiger partial charge in [0.2, 0.25) is 0 Å². The number of benzene rings is 1. The van der Waals surface area contributed by atoms with Gasteiger partial charge >= 0.3 is 0 Å². The number of nitrogens with two attached hydrogens (primary N) is 1. The van der Waals surface area contributed by atoms with E-state index >= 15 is 0 Å². The van der Waals surface area contributed by atoms with Crippen LogP contribution < -0.4 is 11.1 Å². The Balaban J connectivity index is 2.52. The summed E-state index contributed by atoms with van der Waals surface area (Å²) in [7, 11) is 0. The highest BCUT2D eigenvalue weighted by atomic mass is 16.5. The monoisotopic (exact) mass is 234 g/mol. The van der Waals surface area contributed by atoms with Crippen molar-refractivity contribution in [3.63, 3.8) is 0 Å². The van der Waals surface area contributed by atoms with Gasteiger partial charge in [-0.3, -0.25) is 4.79 Å². The second-order valence-electron chi connectivity index (χ2n) is 3.91. The maximum absolute atomic E-state index is 11.1. The molecule has 0 radical (unpaired) electrons. The zero-order valence-electron chi connectivity index (χ0n) is 10.1. The number of primary amides is 1. The summed E-state index contributed by atoms with van der Waals surface area (Å²) in [5, 5.41) is 3.00. The van der Waals surface area contributed by atoms with Crippen molar-refractivity contribution in [3.8, 4) is 0 Å². The van der Waals surface area contributed by atoms with Crippen LogP contribution in [0.1, 0.15) is 19.4 Å². The number of nitrogens with one attached hydrogen (secondary N) is 1. The number of hydrogen-bond acceptors (Lipinski definition) is 3. The van der Waals surface area contributed by atoms with Crippen LogP contribution in [0.3, 0.4) is 0 Å². The molecule has 1 rings (SSSR count). The molecule has 0 fully saturated rings. The van der Waals surface area contributed by atoms with Crippen molar-refractivity contribution in [1.29, 1.82) is 0 Å². The molecular weight excluding hydrogens is 216 g/mol. The SMILES string of the molecule is CC(C)O/C(=C/NCc1ccccc1)C(N)=O. The lowest BCUT2D eigenvalue weighted by Crippen LogP contribution is -2.21. The van der Waals surface area contributed by atoms with Crippen LogP contribution in [0.25, 0.3) is 0 Å². The average molecular weight is 234 g/mol. The fourth-order valence-corrected chi connectivity index (χ4v) is 1.27. The van der Waals surface area contributed by atoms with Gasteiger partial charge in [-0.05, 0) is 19.4 Å². The third-order valence-electron chi connectivity index (χ3n) is 1.99. The molecular formula is C13H18N2O2. The maximum atomic E-state index is 11.1. The molecule has 1 aromatic carbocycles. The first-order valence-corrected chi connectivity index (χ1v) is 5.53. The molecule has 0 saturated heterocycles. The quantitative estimate of drug-likeness (QED) is 0.579. The molecule has 92 valence electrons. The highest BCUT2D eigenvalue weighted by Gasteiger charge is 2.07. The van der Waals surface area contributed by atoms with Crippen LogP contribution in [0.15, 0.2) is 42.3 Å². The van der Waals surface area contributed by atoms with Crippen molar-refractivity contribution < 1.29 is 9.53 Å². The molecule has 1 amide bonds. The summed E-state index contributed by atoms with van der Waals surface area (Å²) in [4.78, 5) is 11.1. The molecule has 0 unspecified atom stereocenters. The van der Waals surface area contributed by atoms with Crippen LogP contribution in [0.5, 0.6) is 0 Å². The van der Waals surface area contributed by atoms with Gasteiger partial charge in [-0.15, -0.1) is 0 Å². The Hall–Kier alpha value is -1.97. The minimum atomic E-state index is -0.570. The standard InChI is InChI=1S/C13H18N2O2/c1-10(2)17-12(13(14)16)9-15-8-11-6-4-3-5-7-11/h3-7,9-10,15H,8H2,1-2H3,(H2,14,16)/b12-9+. The summed E-state index contributed by atoms with van der Waals surface area (Å²) in [6.45, 7) is 4.31. The van der Waals surface area contributed by atoms with E-state index in [9.17, 15) is 4.79 Å². The molecule has 17 heavy (non-hydrogen) atoms. The van der Waals surface area contributed by atoms with Gasteiger partial charge in [-0.1, -0.05) is 30.3 Å². The Labute approximate surface area is 101 Å². The third kappa shape index (κ3) is 5.06. The predicted octanol–water partition coefficient (Wildman–Crippen LogP) is 1.53. The van der Waals surface area contributed by atoms with E-state index in [2.05, 4.69) is 5.32 Å². The molecule has 0 spiro atoms. The number of rotatable bonds is 6. The van der Waals surface area contributed by atoms with E-state index in [-0.39, 0.29) is 11.9 Å². The Morgan fingerprint density at radius 3 is 2.59 bits per heavy atom. The average Bonchev–Trinajstić information content (AvgIpc) is 2.28. The Bertz CT molecular complexity index is 386. The third-order valence-corrected chi connectivity index (χ3v) is 1.99. The van der Waals surface area contributed by atoms with Crippen LogP contribution in [-0.2, 0) is 16.1 Å². The zero-order valence-corrected chi connectivity index (χ0v) is 10.1. The Morgan fingerprint density at radius 2 is 2.06 bits per heavy atom. The number of ether oxygens (including phenoxy) is 1. The molecule has 4 nitrogen and oxygen atoms in total. The van der Waals surface area contributed by atoms with Gasteiger partial charge in [0.15, 0.2) is 5.76 Å². The van der Waals surface area contributed by atoms with Crippen molar-refractivity contribution in [2.45, 2.75) is 26.5 Å². The lowest BCUT2D eigenvalue weighted by Gasteiger charge is -2.11. The van der Waals surface area contributed by atoms with Crippen molar-refractivity contribution in [2.24, 2.45) is 5.73 Å². The first kappa shape index (κ1) is 13.1. The summed E-state index contributed by atoms with van der Waals surface area (Å²) < 4.78 is 5.27. The summed E-state index contributed by atoms with van der Waals surface area (Å²) in [5.74, 6) is -0.421. The number of carbonyl (C=O) groups excluding carboxylic acids is 1. The molecule has 4 heteroatoms. The number of hydrogen-bond donors (Lipinski definition) is 2. The largest absolute Gasteiger partial charge is 0.484 e. The van der Waals surface area contributed by atoms with Gasteiger partial charge in [0.05, 0.1) is 6.10 Å². The molecule has 0 saturated carbocycles.